The maximum Gasteiger partial charge on any atom is 0.141 e. The summed E-state index contributed by atoms with van der Waals surface area (Å²) in [6, 6.07) is 13.9. The Bertz CT molecular complexity index is 471. The molecule has 1 atom stereocenters. The van der Waals surface area contributed by atoms with Gasteiger partial charge in [0, 0.05) is 6.20 Å². The molecule has 0 saturated carbocycles. The summed E-state index contributed by atoms with van der Waals surface area (Å²) in [5.41, 5.74) is 1.99. The van der Waals surface area contributed by atoms with Crippen LogP contribution in [0.25, 0.3) is 0 Å². The first-order valence-corrected chi connectivity index (χ1v) is 5.61. The first-order valence-electron chi connectivity index (χ1n) is 5.61. The van der Waals surface area contributed by atoms with Gasteiger partial charge in [-0.15, -0.1) is 0 Å². The predicted molar refractivity (Wildman–Crippen MR) is 69.3 cm³/mol. The minimum atomic E-state index is 0.146. The van der Waals surface area contributed by atoms with Crippen molar-refractivity contribution < 1.29 is 4.74 Å². The lowest BCUT2D eigenvalue weighted by molar-refractivity contribution is 0.416. The molecule has 0 aliphatic carbocycles. The molecule has 1 aromatic carbocycles. The van der Waals surface area contributed by atoms with Crippen molar-refractivity contribution in [1.82, 2.24) is 4.98 Å². The van der Waals surface area contributed by atoms with Gasteiger partial charge in [0.15, 0.2) is 0 Å². The minimum Gasteiger partial charge on any atom is -0.495 e. The van der Waals surface area contributed by atoms with Crippen LogP contribution in [0.3, 0.4) is 0 Å². The van der Waals surface area contributed by atoms with Crippen LogP contribution in [0.1, 0.15) is 18.7 Å². The van der Waals surface area contributed by atoms with E-state index in [0.717, 1.165) is 17.1 Å². The van der Waals surface area contributed by atoms with Crippen molar-refractivity contribution in [2.24, 2.45) is 0 Å². The number of methoxy groups -OCH3 is 1. The van der Waals surface area contributed by atoms with Crippen molar-refractivity contribution in [1.29, 1.82) is 0 Å². The average Bonchev–Trinajstić information content (AvgIpc) is 2.40. The zero-order valence-corrected chi connectivity index (χ0v) is 10.1. The molecule has 2 rings (SSSR count). The molecule has 1 N–H and O–H groups in total. The van der Waals surface area contributed by atoms with Gasteiger partial charge in [-0.1, -0.05) is 18.2 Å². The topological polar surface area (TPSA) is 34.1 Å². The number of anilines is 1. The van der Waals surface area contributed by atoms with E-state index < -0.39 is 0 Å². The summed E-state index contributed by atoms with van der Waals surface area (Å²) in [5.74, 6) is 0.843. The van der Waals surface area contributed by atoms with Gasteiger partial charge in [0.05, 0.1) is 24.5 Å². The third-order valence-electron chi connectivity index (χ3n) is 2.61. The van der Waals surface area contributed by atoms with Crippen LogP contribution >= 0.6 is 0 Å². The number of hydrogen-bond acceptors (Lipinski definition) is 3. The molecule has 88 valence electrons. The highest BCUT2D eigenvalue weighted by molar-refractivity contribution is 5.57. The molecule has 1 aromatic heterocycles. The third kappa shape index (κ3) is 2.75. The Kier molecular flexibility index (Phi) is 3.60. The van der Waals surface area contributed by atoms with Gasteiger partial charge in [0.2, 0.25) is 0 Å². The van der Waals surface area contributed by atoms with Crippen LogP contribution in [0.4, 0.5) is 5.69 Å². The molecule has 2 aromatic rings. The summed E-state index contributed by atoms with van der Waals surface area (Å²) >= 11 is 0. The molecule has 0 spiro atoms. The van der Waals surface area contributed by atoms with Crippen LogP contribution in [0.2, 0.25) is 0 Å². The summed E-state index contributed by atoms with van der Waals surface area (Å²) in [4.78, 5) is 4.33. The van der Waals surface area contributed by atoms with Crippen molar-refractivity contribution >= 4 is 5.69 Å². The number of nitrogens with one attached hydrogen (secondary N) is 1. The number of benzene rings is 1. The van der Waals surface area contributed by atoms with Crippen molar-refractivity contribution in [3.63, 3.8) is 0 Å². The molecule has 0 amide bonds. The summed E-state index contributed by atoms with van der Waals surface area (Å²) in [5, 5.41) is 3.39. The van der Waals surface area contributed by atoms with Crippen molar-refractivity contribution in [3.05, 3.63) is 54.4 Å². The molecule has 3 nitrogen and oxygen atoms in total. The predicted octanol–water partition coefficient (Wildman–Crippen LogP) is 3.26. The molecule has 3 heteroatoms. The Morgan fingerprint density at radius 1 is 1.12 bits per heavy atom. The van der Waals surface area contributed by atoms with Crippen molar-refractivity contribution in [2.45, 2.75) is 13.0 Å². The summed E-state index contributed by atoms with van der Waals surface area (Å²) in [7, 11) is 1.67. The summed E-state index contributed by atoms with van der Waals surface area (Å²) in [6.45, 7) is 2.08. The largest absolute Gasteiger partial charge is 0.495 e. The number of para-hydroxylation sites is 2. The average molecular weight is 228 g/mol. The molecule has 1 heterocycles. The zero-order chi connectivity index (χ0) is 12.1. The Morgan fingerprint density at radius 3 is 2.59 bits per heavy atom. The first-order chi connectivity index (χ1) is 8.31. The lowest BCUT2D eigenvalue weighted by atomic mass is 10.2. The Labute approximate surface area is 101 Å². The van der Waals surface area contributed by atoms with E-state index in [-0.39, 0.29) is 6.04 Å². The highest BCUT2D eigenvalue weighted by Crippen LogP contribution is 2.26. The zero-order valence-electron chi connectivity index (χ0n) is 10.1. The third-order valence-corrected chi connectivity index (χ3v) is 2.61. The molecular weight excluding hydrogens is 212 g/mol. The molecular formula is C14H16N2O. The Morgan fingerprint density at radius 2 is 1.88 bits per heavy atom. The van der Waals surface area contributed by atoms with E-state index in [1.807, 2.05) is 42.5 Å². The van der Waals surface area contributed by atoms with Gasteiger partial charge >= 0.3 is 0 Å². The molecule has 0 fully saturated rings. The second kappa shape index (κ2) is 5.34. The second-order valence-electron chi connectivity index (χ2n) is 3.82. The van der Waals surface area contributed by atoms with E-state index in [1.165, 1.54) is 0 Å². The van der Waals surface area contributed by atoms with E-state index in [1.54, 1.807) is 13.3 Å². The van der Waals surface area contributed by atoms with Crippen LogP contribution in [0.5, 0.6) is 5.75 Å². The maximum absolute atomic E-state index is 5.30. The standard InChI is InChI=1S/C14H16N2O/c1-11(12-7-5-6-10-15-12)16-13-8-3-4-9-14(13)17-2/h3-11,16H,1-2H3. The monoisotopic (exact) mass is 228 g/mol. The van der Waals surface area contributed by atoms with E-state index in [4.69, 9.17) is 4.74 Å². The van der Waals surface area contributed by atoms with Gasteiger partial charge in [-0.2, -0.15) is 0 Å². The highest BCUT2D eigenvalue weighted by Gasteiger charge is 2.08. The first kappa shape index (κ1) is 11.5. The SMILES string of the molecule is COc1ccccc1NC(C)c1ccccn1. The quantitative estimate of drug-likeness (QED) is 0.872. The molecule has 0 bridgehead atoms. The molecule has 1 unspecified atom stereocenters. The summed E-state index contributed by atoms with van der Waals surface area (Å²) < 4.78 is 5.30. The van der Waals surface area contributed by atoms with Crippen molar-refractivity contribution in [3.8, 4) is 5.75 Å². The smallest absolute Gasteiger partial charge is 0.141 e. The summed E-state index contributed by atoms with van der Waals surface area (Å²) in [6.07, 6.45) is 1.80. The van der Waals surface area contributed by atoms with Crippen LogP contribution in [0.15, 0.2) is 48.7 Å². The van der Waals surface area contributed by atoms with Crippen LogP contribution in [0, 0.1) is 0 Å². The van der Waals surface area contributed by atoms with Crippen LogP contribution in [-0.4, -0.2) is 12.1 Å². The van der Waals surface area contributed by atoms with Gasteiger partial charge in [-0.3, -0.25) is 4.98 Å². The van der Waals surface area contributed by atoms with Gasteiger partial charge < -0.3 is 10.1 Å². The van der Waals surface area contributed by atoms with Crippen molar-refractivity contribution in [2.75, 3.05) is 12.4 Å². The van der Waals surface area contributed by atoms with Crippen LogP contribution in [-0.2, 0) is 0 Å². The fourth-order valence-electron chi connectivity index (χ4n) is 1.70. The number of aromatic nitrogens is 1. The number of pyridine rings is 1. The number of ether oxygens (including phenoxy) is 1. The molecule has 0 aliphatic rings. The minimum absolute atomic E-state index is 0.146. The van der Waals surface area contributed by atoms with E-state index in [2.05, 4.69) is 17.2 Å². The van der Waals surface area contributed by atoms with Gasteiger partial charge in [-0.25, -0.2) is 0 Å². The molecule has 0 saturated heterocycles. The van der Waals surface area contributed by atoms with Crippen LogP contribution < -0.4 is 10.1 Å². The van der Waals surface area contributed by atoms with E-state index in [0.29, 0.717) is 0 Å². The Hall–Kier alpha value is -2.03. The Balaban J connectivity index is 2.16. The number of nitrogens with zero attached hydrogens (tertiary/aromatic N) is 1. The molecule has 0 aliphatic heterocycles. The van der Waals surface area contributed by atoms with Gasteiger partial charge in [0.25, 0.3) is 0 Å². The van der Waals surface area contributed by atoms with E-state index in [9.17, 15) is 0 Å². The fraction of sp³-hybridized carbons (Fsp3) is 0.214. The lowest BCUT2D eigenvalue weighted by Gasteiger charge is -2.16. The number of rotatable bonds is 4. The number of hydrogen-bond donors (Lipinski definition) is 1. The van der Waals surface area contributed by atoms with Gasteiger partial charge in [0.1, 0.15) is 5.75 Å². The highest BCUT2D eigenvalue weighted by atomic mass is 16.5. The molecule has 17 heavy (non-hydrogen) atoms. The maximum atomic E-state index is 5.30. The molecule has 0 radical (unpaired) electrons. The van der Waals surface area contributed by atoms with Gasteiger partial charge in [-0.05, 0) is 31.2 Å². The lowest BCUT2D eigenvalue weighted by Crippen LogP contribution is -2.08. The fourth-order valence-corrected chi connectivity index (χ4v) is 1.70. The van der Waals surface area contributed by atoms with E-state index >= 15 is 0 Å². The second-order valence-corrected chi connectivity index (χ2v) is 3.82. The normalized spacial score (nSPS) is 11.9.